The van der Waals surface area contributed by atoms with Crippen molar-refractivity contribution in [2.45, 2.75) is 83.8 Å². The van der Waals surface area contributed by atoms with Crippen molar-refractivity contribution in [3.8, 4) is 5.75 Å². The number of benzene rings is 2. The fourth-order valence-corrected chi connectivity index (χ4v) is 5.89. The number of rotatable bonds is 21. The van der Waals surface area contributed by atoms with E-state index in [0.29, 0.717) is 31.7 Å². The van der Waals surface area contributed by atoms with Gasteiger partial charge in [0.15, 0.2) is 0 Å². The lowest BCUT2D eigenvalue weighted by Crippen LogP contribution is -2.54. The number of thioether (sulfide) groups is 1. The lowest BCUT2D eigenvalue weighted by molar-refractivity contribution is -0.141. The van der Waals surface area contributed by atoms with Gasteiger partial charge >= 0.3 is 5.97 Å². The van der Waals surface area contributed by atoms with Crippen LogP contribution in [-0.4, -0.2) is 102 Å². The fraction of sp³-hybridized carbons (Fsp3) is 0.528. The highest BCUT2D eigenvalue weighted by molar-refractivity contribution is 7.98. The molecule has 2 rings (SSSR count). The third-order valence-electron chi connectivity index (χ3n) is 8.19. The number of phenolic OH excluding ortho intramolecular Hbond substituents is 1. The number of phenols is 1. The van der Waals surface area contributed by atoms with E-state index in [2.05, 4.69) is 16.0 Å². The minimum Gasteiger partial charge on any atom is -0.508 e. The van der Waals surface area contributed by atoms with E-state index < -0.39 is 48.3 Å². The molecule has 0 saturated carbocycles. The molecule has 15 heteroatoms. The van der Waals surface area contributed by atoms with E-state index in [9.17, 15) is 29.1 Å². The Labute approximate surface area is 311 Å². The van der Waals surface area contributed by atoms with Crippen LogP contribution in [0.1, 0.15) is 61.3 Å². The highest BCUT2D eigenvalue weighted by Crippen LogP contribution is 2.22. The average Bonchev–Trinajstić information content (AvgIpc) is 3.05. The summed E-state index contributed by atoms with van der Waals surface area (Å²) in [6, 6.07) is 10.2. The molecular weight excluding hydrogens is 698 g/mol. The zero-order valence-corrected chi connectivity index (χ0v) is 31.9. The number of carbonyl (C=O) groups excluding carboxylic acids is 5. The Balaban J connectivity index is 0.0000125. The summed E-state index contributed by atoms with van der Waals surface area (Å²) in [6.45, 7) is 5.61. The van der Waals surface area contributed by atoms with Crippen LogP contribution in [0.25, 0.3) is 0 Å². The molecule has 286 valence electrons. The molecule has 0 aliphatic carbocycles. The van der Waals surface area contributed by atoms with Crippen LogP contribution in [0.2, 0.25) is 0 Å². The predicted octanol–water partition coefficient (Wildman–Crippen LogP) is 2.14. The van der Waals surface area contributed by atoms with E-state index >= 15 is 0 Å². The molecule has 13 nitrogen and oxygen atoms in total. The maximum atomic E-state index is 13.4. The van der Waals surface area contributed by atoms with E-state index in [1.807, 2.05) is 62.4 Å². The minimum absolute atomic E-state index is 0. The molecule has 51 heavy (non-hydrogen) atoms. The molecule has 2 aromatic rings. The predicted molar refractivity (Wildman–Crippen MR) is 203 cm³/mol. The molecular formula is C36H56ClN5O8S. The highest BCUT2D eigenvalue weighted by atomic mass is 35.5. The number of likely N-dealkylation sites (N-methyl/N-ethyl adjacent to an activating group) is 1. The summed E-state index contributed by atoms with van der Waals surface area (Å²) in [6.07, 6.45) is 6.18. The Bertz CT molecular complexity index is 1380. The van der Waals surface area contributed by atoms with Crippen LogP contribution < -0.4 is 21.7 Å². The van der Waals surface area contributed by atoms with Gasteiger partial charge in [0, 0.05) is 6.92 Å². The van der Waals surface area contributed by atoms with Crippen LogP contribution in [0.4, 0.5) is 0 Å². The molecule has 0 unspecified atom stereocenters. The molecule has 2 aromatic carbocycles. The molecule has 0 aliphatic rings. The quantitative estimate of drug-likeness (QED) is 0.0926. The highest BCUT2D eigenvalue weighted by Gasteiger charge is 2.27. The van der Waals surface area contributed by atoms with Gasteiger partial charge in [0.05, 0.1) is 25.2 Å². The van der Waals surface area contributed by atoms with E-state index in [-0.39, 0.29) is 36.0 Å². The van der Waals surface area contributed by atoms with Crippen LogP contribution in [0, 0.1) is 13.8 Å². The number of ether oxygens (including phenoxy) is 1. The topological polar surface area (TPSA) is 212 Å². The van der Waals surface area contributed by atoms with Crippen molar-refractivity contribution in [3.63, 3.8) is 0 Å². The summed E-state index contributed by atoms with van der Waals surface area (Å²) in [4.78, 5) is 65.3. The van der Waals surface area contributed by atoms with Gasteiger partial charge in [0.2, 0.25) is 23.6 Å². The second kappa shape index (κ2) is 25.3. The molecule has 0 fully saturated rings. The number of aryl methyl sites for hydroxylation is 2. The summed E-state index contributed by atoms with van der Waals surface area (Å²) in [5.74, 6) is -1.79. The Kier molecular flexibility index (Phi) is 23.5. The maximum absolute atomic E-state index is 13.4. The summed E-state index contributed by atoms with van der Waals surface area (Å²) in [5, 5.41) is 17.5. The van der Waals surface area contributed by atoms with Crippen LogP contribution in [0.15, 0.2) is 42.5 Å². The number of hydrogen-bond acceptors (Lipinski definition) is 10. The molecule has 4 amide bonds. The van der Waals surface area contributed by atoms with E-state index in [0.717, 1.165) is 47.9 Å². The van der Waals surface area contributed by atoms with Crippen molar-refractivity contribution < 1.29 is 39.3 Å². The third-order valence-corrected chi connectivity index (χ3v) is 8.83. The van der Waals surface area contributed by atoms with Gasteiger partial charge in [-0.2, -0.15) is 11.8 Å². The summed E-state index contributed by atoms with van der Waals surface area (Å²) >= 11 is 1.51. The smallest absolute Gasteiger partial charge is 0.302 e. The molecule has 8 N–H and O–H groups in total. The standard InChI is InChI=1S/C36H53N5O7S.ClH.H2O/c1-24-19-28(43)20-25(2)29(24)22-30(37)34(45)39-31(15-18-49-5)35(46)38-23-33(44)40-36(47)32(21-27-13-9-8-10-14-27)41(4)16-11-6-7-12-17-48-26(3)42;;/h8-10,13-14,19-20,30-32,43H,6-7,11-12,15-18,21-23,37H2,1-5H3,(H,38,46)(H,39,45)(H,40,44,47);1H;1H2/t30-,31-,32+;;/m1../s1. The van der Waals surface area contributed by atoms with Gasteiger partial charge in [-0.05, 0) is 106 Å². The Morgan fingerprint density at radius 2 is 1.57 bits per heavy atom. The number of amides is 4. The second-order valence-electron chi connectivity index (χ2n) is 12.3. The van der Waals surface area contributed by atoms with Gasteiger partial charge in [0.1, 0.15) is 11.8 Å². The number of nitrogens with two attached hydrogens (primary N) is 1. The van der Waals surface area contributed by atoms with Crippen LogP contribution in [0.3, 0.4) is 0 Å². The first kappa shape index (κ1) is 47.3. The molecule has 0 aliphatic heterocycles. The van der Waals surface area contributed by atoms with Gasteiger partial charge in [0.25, 0.3) is 0 Å². The Morgan fingerprint density at radius 3 is 2.18 bits per heavy atom. The van der Waals surface area contributed by atoms with E-state index in [1.165, 1.54) is 18.7 Å². The van der Waals surface area contributed by atoms with Crippen molar-refractivity contribution >= 4 is 53.8 Å². The van der Waals surface area contributed by atoms with E-state index in [1.54, 1.807) is 12.1 Å². The van der Waals surface area contributed by atoms with Crippen LogP contribution in [-0.2, 0) is 41.6 Å². The number of aromatic hydroxyl groups is 1. The SMILES string of the molecule is CSCC[C@@H](NC(=O)[C@H](N)Cc1c(C)cc(O)cc1C)C(=O)NCC(=O)NC(=O)[C@H](Cc1ccccc1)N(C)CCCCCCOC(C)=O.Cl.O. The number of nitrogens with zero attached hydrogens (tertiary/aromatic N) is 1. The molecule has 0 aromatic heterocycles. The van der Waals surface area contributed by atoms with Gasteiger partial charge in [-0.15, -0.1) is 12.4 Å². The van der Waals surface area contributed by atoms with Gasteiger partial charge in [-0.25, -0.2) is 0 Å². The minimum atomic E-state index is -0.938. The largest absolute Gasteiger partial charge is 0.508 e. The van der Waals surface area contributed by atoms with Crippen molar-refractivity contribution in [2.75, 3.05) is 38.8 Å². The number of unbranched alkanes of at least 4 members (excludes halogenated alkanes) is 3. The van der Waals surface area contributed by atoms with Crippen LogP contribution >= 0.6 is 24.2 Å². The van der Waals surface area contributed by atoms with Crippen LogP contribution in [0.5, 0.6) is 5.75 Å². The van der Waals surface area contributed by atoms with Gasteiger partial charge in [-0.3, -0.25) is 34.2 Å². The first-order valence-electron chi connectivity index (χ1n) is 16.6. The van der Waals surface area contributed by atoms with E-state index in [4.69, 9.17) is 10.5 Å². The molecule has 0 bridgehead atoms. The normalized spacial score (nSPS) is 12.4. The first-order chi connectivity index (χ1) is 23.3. The number of hydrogen-bond donors (Lipinski definition) is 5. The van der Waals surface area contributed by atoms with Crippen molar-refractivity contribution in [2.24, 2.45) is 5.73 Å². The fourth-order valence-electron chi connectivity index (χ4n) is 5.42. The molecule has 0 spiro atoms. The lowest BCUT2D eigenvalue weighted by atomic mass is 9.96. The number of nitrogens with one attached hydrogen (secondary N) is 3. The zero-order chi connectivity index (χ0) is 36.3. The second-order valence-corrected chi connectivity index (χ2v) is 13.3. The number of carbonyl (C=O) groups is 5. The summed E-state index contributed by atoms with van der Waals surface area (Å²) in [7, 11) is 1.84. The third kappa shape index (κ3) is 17.9. The molecule has 0 radical (unpaired) electrons. The molecule has 0 saturated heterocycles. The number of esters is 1. The van der Waals surface area contributed by atoms with Crippen molar-refractivity contribution in [1.82, 2.24) is 20.9 Å². The Morgan fingerprint density at radius 1 is 0.941 bits per heavy atom. The summed E-state index contributed by atoms with van der Waals surface area (Å²) < 4.78 is 4.97. The van der Waals surface area contributed by atoms with Crippen molar-refractivity contribution in [1.29, 1.82) is 0 Å². The first-order valence-corrected chi connectivity index (χ1v) is 18.0. The number of halogens is 1. The monoisotopic (exact) mass is 753 g/mol. The number of imide groups is 1. The molecule has 3 atom stereocenters. The summed E-state index contributed by atoms with van der Waals surface area (Å²) in [5.41, 5.74) is 9.63. The van der Waals surface area contributed by atoms with Gasteiger partial charge in [-0.1, -0.05) is 43.2 Å². The van der Waals surface area contributed by atoms with Crippen molar-refractivity contribution in [3.05, 3.63) is 64.7 Å². The van der Waals surface area contributed by atoms with Gasteiger partial charge < -0.3 is 31.7 Å². The molecule has 0 heterocycles. The zero-order valence-electron chi connectivity index (χ0n) is 30.3. The average molecular weight is 754 g/mol. The Hall–Kier alpha value is -3.69. The maximum Gasteiger partial charge on any atom is 0.302 e. The lowest BCUT2D eigenvalue weighted by Gasteiger charge is -2.27.